The van der Waals surface area contributed by atoms with Crippen LogP contribution in [0.15, 0.2) is 5.38 Å². The van der Waals surface area contributed by atoms with Crippen LogP contribution in [0.2, 0.25) is 0 Å². The second-order valence-electron chi connectivity index (χ2n) is 6.38. The molecule has 1 aliphatic rings. The Morgan fingerprint density at radius 3 is 2.44 bits per heavy atom. The van der Waals surface area contributed by atoms with Crippen molar-refractivity contribution in [3.05, 3.63) is 16.1 Å². The molecular formula is C16H16F5N3OS2. The fourth-order valence-electron chi connectivity index (χ4n) is 3.07. The predicted molar refractivity (Wildman–Crippen MR) is 93.0 cm³/mol. The highest BCUT2D eigenvalue weighted by Crippen LogP contribution is 2.40. The summed E-state index contributed by atoms with van der Waals surface area (Å²) in [4.78, 5) is 20.8. The molecule has 11 heteroatoms. The van der Waals surface area contributed by atoms with Crippen molar-refractivity contribution in [3.8, 4) is 10.6 Å². The number of amides is 1. The molecule has 0 saturated heterocycles. The van der Waals surface area contributed by atoms with Crippen LogP contribution in [-0.4, -0.2) is 22.1 Å². The quantitative estimate of drug-likeness (QED) is 0.628. The van der Waals surface area contributed by atoms with Gasteiger partial charge in [0.2, 0.25) is 5.91 Å². The number of carbonyl (C=O) groups excluding carboxylic acids is 1. The number of hydrogen-bond acceptors (Lipinski definition) is 5. The van der Waals surface area contributed by atoms with Gasteiger partial charge in [-0.15, -0.1) is 22.7 Å². The normalized spacial score (nSPS) is 20.9. The maximum absolute atomic E-state index is 12.8. The average Bonchev–Trinajstić information content (AvgIpc) is 3.20. The molecule has 3 rings (SSSR count). The Hall–Kier alpha value is -1.62. The fraction of sp³-hybridized carbons (Fsp3) is 0.562. The number of anilines is 1. The van der Waals surface area contributed by atoms with Gasteiger partial charge in [-0.05, 0) is 32.6 Å². The summed E-state index contributed by atoms with van der Waals surface area (Å²) < 4.78 is 63.6. The Labute approximate surface area is 159 Å². The first-order valence-corrected chi connectivity index (χ1v) is 9.93. The second kappa shape index (κ2) is 7.78. The van der Waals surface area contributed by atoms with Crippen molar-refractivity contribution >= 4 is 33.7 Å². The third-order valence-electron chi connectivity index (χ3n) is 4.53. The van der Waals surface area contributed by atoms with Gasteiger partial charge in [-0.2, -0.15) is 13.2 Å². The van der Waals surface area contributed by atoms with E-state index in [2.05, 4.69) is 15.3 Å². The van der Waals surface area contributed by atoms with Gasteiger partial charge in [0.25, 0.3) is 6.43 Å². The molecule has 0 radical (unpaired) electrons. The number of aromatic nitrogens is 2. The Bertz CT molecular complexity index is 809. The molecule has 1 N–H and O–H groups in total. The smallest absolute Gasteiger partial charge is 0.302 e. The summed E-state index contributed by atoms with van der Waals surface area (Å²) in [6.45, 7) is 1.61. The molecule has 0 aromatic carbocycles. The van der Waals surface area contributed by atoms with Crippen LogP contribution in [0.1, 0.15) is 42.8 Å². The van der Waals surface area contributed by atoms with Crippen LogP contribution in [-0.2, 0) is 4.79 Å². The van der Waals surface area contributed by atoms with Crippen LogP contribution in [0, 0.1) is 18.8 Å². The summed E-state index contributed by atoms with van der Waals surface area (Å²) in [5.41, 5.74) is 0.877. The monoisotopic (exact) mass is 425 g/mol. The lowest BCUT2D eigenvalue weighted by molar-refractivity contribution is -0.184. The Morgan fingerprint density at radius 1 is 1.22 bits per heavy atom. The Morgan fingerprint density at radius 2 is 1.89 bits per heavy atom. The summed E-state index contributed by atoms with van der Waals surface area (Å²) in [7, 11) is 0. The van der Waals surface area contributed by atoms with E-state index in [1.807, 2.05) is 0 Å². The van der Waals surface area contributed by atoms with E-state index in [1.54, 1.807) is 12.3 Å². The first kappa shape index (κ1) is 20.1. The fourth-order valence-corrected chi connectivity index (χ4v) is 4.74. The summed E-state index contributed by atoms with van der Waals surface area (Å²) >= 11 is 1.98. The highest BCUT2D eigenvalue weighted by Gasteiger charge is 2.42. The maximum atomic E-state index is 12.8. The van der Waals surface area contributed by atoms with Gasteiger partial charge in [-0.1, -0.05) is 0 Å². The standard InChI is InChI=1S/C16H16F5N3OS2/c1-7-11(27-14(22-7)12(17)18)10-6-26-15(23-10)24-13(25)8-2-4-9(5-3-8)16(19,20)21/h6,8-9,12H,2-5H2,1H3,(H,23,24,25). The van der Waals surface area contributed by atoms with Crippen molar-refractivity contribution in [2.45, 2.75) is 45.2 Å². The molecule has 4 nitrogen and oxygen atoms in total. The van der Waals surface area contributed by atoms with Gasteiger partial charge in [-0.3, -0.25) is 4.79 Å². The number of nitrogens with zero attached hydrogens (tertiary/aromatic N) is 2. The average molecular weight is 425 g/mol. The molecule has 0 atom stereocenters. The lowest BCUT2D eigenvalue weighted by atomic mass is 9.81. The van der Waals surface area contributed by atoms with Gasteiger partial charge >= 0.3 is 6.18 Å². The van der Waals surface area contributed by atoms with Crippen LogP contribution in [0.4, 0.5) is 27.1 Å². The van der Waals surface area contributed by atoms with Gasteiger partial charge in [0.15, 0.2) is 10.1 Å². The van der Waals surface area contributed by atoms with Crippen molar-refractivity contribution in [2.75, 3.05) is 5.32 Å². The first-order chi connectivity index (χ1) is 12.6. The topological polar surface area (TPSA) is 54.9 Å². The van der Waals surface area contributed by atoms with Gasteiger partial charge in [0.05, 0.1) is 22.2 Å². The predicted octanol–water partition coefficient (Wildman–Crippen LogP) is 5.82. The molecule has 148 valence electrons. The first-order valence-electron chi connectivity index (χ1n) is 8.24. The largest absolute Gasteiger partial charge is 0.391 e. The molecule has 0 aliphatic heterocycles. The number of alkyl halides is 5. The third kappa shape index (κ3) is 4.63. The van der Waals surface area contributed by atoms with Gasteiger partial charge < -0.3 is 5.32 Å². The molecule has 27 heavy (non-hydrogen) atoms. The maximum Gasteiger partial charge on any atom is 0.391 e. The lowest BCUT2D eigenvalue weighted by Gasteiger charge is -2.28. The van der Waals surface area contributed by atoms with Crippen molar-refractivity contribution in [1.29, 1.82) is 0 Å². The molecule has 2 aromatic heterocycles. The molecular weight excluding hydrogens is 409 g/mol. The Balaban J connectivity index is 1.62. The number of aryl methyl sites for hydroxylation is 1. The van der Waals surface area contributed by atoms with Crippen LogP contribution in [0.3, 0.4) is 0 Å². The minimum absolute atomic E-state index is 0.0544. The Kier molecular flexibility index (Phi) is 5.80. The van der Waals surface area contributed by atoms with E-state index in [0.29, 0.717) is 21.4 Å². The third-order valence-corrected chi connectivity index (χ3v) is 6.47. The summed E-state index contributed by atoms with van der Waals surface area (Å²) in [6.07, 6.45) is -6.62. The van der Waals surface area contributed by atoms with E-state index >= 15 is 0 Å². The van der Waals surface area contributed by atoms with Crippen molar-refractivity contribution in [2.24, 2.45) is 11.8 Å². The van der Waals surface area contributed by atoms with E-state index < -0.39 is 24.4 Å². The highest BCUT2D eigenvalue weighted by atomic mass is 32.1. The molecule has 0 spiro atoms. The number of hydrogen-bond donors (Lipinski definition) is 1. The number of halogens is 5. The molecule has 0 bridgehead atoms. The minimum Gasteiger partial charge on any atom is -0.302 e. The lowest BCUT2D eigenvalue weighted by Crippen LogP contribution is -2.32. The zero-order chi connectivity index (χ0) is 19.8. The number of thiazole rings is 2. The number of rotatable bonds is 4. The van der Waals surface area contributed by atoms with Crippen molar-refractivity contribution in [3.63, 3.8) is 0 Å². The van der Waals surface area contributed by atoms with Crippen LogP contribution in [0.25, 0.3) is 10.6 Å². The zero-order valence-electron chi connectivity index (χ0n) is 14.1. The van der Waals surface area contributed by atoms with Gasteiger partial charge in [0, 0.05) is 11.3 Å². The van der Waals surface area contributed by atoms with Crippen LogP contribution in [0.5, 0.6) is 0 Å². The summed E-state index contributed by atoms with van der Waals surface area (Å²) in [6, 6.07) is 0. The molecule has 1 aliphatic carbocycles. The van der Waals surface area contributed by atoms with E-state index in [0.717, 1.165) is 22.7 Å². The van der Waals surface area contributed by atoms with Gasteiger partial charge in [-0.25, -0.2) is 18.7 Å². The molecule has 1 amide bonds. The van der Waals surface area contributed by atoms with E-state index in [4.69, 9.17) is 0 Å². The molecule has 2 aromatic rings. The van der Waals surface area contributed by atoms with Gasteiger partial charge in [0.1, 0.15) is 0 Å². The van der Waals surface area contributed by atoms with Crippen molar-refractivity contribution in [1.82, 2.24) is 9.97 Å². The zero-order valence-corrected chi connectivity index (χ0v) is 15.8. The molecule has 1 fully saturated rings. The van der Waals surface area contributed by atoms with Crippen LogP contribution < -0.4 is 5.32 Å². The van der Waals surface area contributed by atoms with Crippen molar-refractivity contribution < 1.29 is 26.7 Å². The van der Waals surface area contributed by atoms with E-state index in [-0.39, 0.29) is 36.6 Å². The second-order valence-corrected chi connectivity index (χ2v) is 8.27. The highest BCUT2D eigenvalue weighted by molar-refractivity contribution is 7.17. The van der Waals surface area contributed by atoms with E-state index in [9.17, 15) is 26.7 Å². The molecule has 0 unspecified atom stereocenters. The summed E-state index contributed by atoms with van der Waals surface area (Å²) in [5, 5.41) is 4.26. The van der Waals surface area contributed by atoms with Crippen LogP contribution >= 0.6 is 22.7 Å². The minimum atomic E-state index is -4.21. The summed E-state index contributed by atoms with van der Waals surface area (Å²) in [5.74, 6) is -2.18. The SMILES string of the molecule is Cc1nc(C(F)F)sc1-c1csc(NC(=O)C2CCC(C(F)(F)F)CC2)n1. The number of carbonyl (C=O) groups is 1. The number of nitrogens with one attached hydrogen (secondary N) is 1. The molecule has 1 saturated carbocycles. The van der Waals surface area contributed by atoms with E-state index in [1.165, 1.54) is 0 Å². The molecule has 2 heterocycles.